The number of ether oxygens (including phenoxy) is 1. The van der Waals surface area contributed by atoms with Crippen molar-refractivity contribution < 1.29 is 19.2 Å². The number of aliphatic carboxylic acids is 1. The Balaban J connectivity index is 1.76. The first-order chi connectivity index (χ1) is 8.74. The van der Waals surface area contributed by atoms with Gasteiger partial charge in [-0.05, 0) is 25.7 Å². The third-order valence-electron chi connectivity index (χ3n) is 2.98. The van der Waals surface area contributed by atoms with Gasteiger partial charge in [-0.3, -0.25) is 4.79 Å². The van der Waals surface area contributed by atoms with Crippen LogP contribution in [0, 0.1) is 0 Å². The fraction of sp³-hybridized carbons (Fsp3) is 0.750. The Bertz CT molecular complexity index is 385. The van der Waals surface area contributed by atoms with E-state index in [0.717, 1.165) is 19.4 Å². The first-order valence-electron chi connectivity index (χ1n) is 6.39. The molecule has 100 valence electrons. The Morgan fingerprint density at radius 3 is 3.06 bits per heavy atom. The van der Waals surface area contributed by atoms with Crippen LogP contribution in [0.15, 0.2) is 4.52 Å². The van der Waals surface area contributed by atoms with Gasteiger partial charge in [0.1, 0.15) is 0 Å². The van der Waals surface area contributed by atoms with Crippen molar-refractivity contribution in [3.8, 4) is 0 Å². The molecular formula is C12H18N2O4. The Labute approximate surface area is 105 Å². The van der Waals surface area contributed by atoms with Crippen LogP contribution in [0.25, 0.3) is 0 Å². The van der Waals surface area contributed by atoms with Gasteiger partial charge in [0.15, 0.2) is 5.82 Å². The van der Waals surface area contributed by atoms with Gasteiger partial charge in [-0.25, -0.2) is 0 Å². The summed E-state index contributed by atoms with van der Waals surface area (Å²) in [5.74, 6) is 0.375. The largest absolute Gasteiger partial charge is 0.481 e. The zero-order chi connectivity index (χ0) is 12.8. The summed E-state index contributed by atoms with van der Waals surface area (Å²) >= 11 is 0. The van der Waals surface area contributed by atoms with Crippen LogP contribution in [0.4, 0.5) is 0 Å². The molecule has 2 heterocycles. The number of hydrogen-bond donors (Lipinski definition) is 1. The second-order valence-electron chi connectivity index (χ2n) is 4.54. The molecule has 0 bridgehead atoms. The zero-order valence-electron chi connectivity index (χ0n) is 10.3. The fourth-order valence-electron chi connectivity index (χ4n) is 2.04. The highest BCUT2D eigenvalue weighted by Crippen LogP contribution is 2.16. The minimum absolute atomic E-state index is 0.128. The van der Waals surface area contributed by atoms with E-state index < -0.39 is 5.97 Å². The van der Waals surface area contributed by atoms with Crippen molar-refractivity contribution in [3.05, 3.63) is 11.7 Å². The summed E-state index contributed by atoms with van der Waals surface area (Å²) in [6.45, 7) is 0.813. The molecule has 6 heteroatoms. The summed E-state index contributed by atoms with van der Waals surface area (Å²) in [7, 11) is 0. The Morgan fingerprint density at radius 1 is 1.44 bits per heavy atom. The van der Waals surface area contributed by atoms with Gasteiger partial charge >= 0.3 is 5.97 Å². The Kier molecular flexibility index (Phi) is 4.69. The lowest BCUT2D eigenvalue weighted by molar-refractivity contribution is -0.137. The van der Waals surface area contributed by atoms with Gasteiger partial charge in [-0.15, -0.1) is 0 Å². The summed E-state index contributed by atoms with van der Waals surface area (Å²) in [4.78, 5) is 14.6. The van der Waals surface area contributed by atoms with E-state index in [1.54, 1.807) is 0 Å². The number of carboxylic acid groups (broad SMARTS) is 1. The maximum absolute atomic E-state index is 10.4. The number of nitrogens with zero attached hydrogens (tertiary/aromatic N) is 2. The minimum atomic E-state index is -0.801. The molecule has 0 saturated carbocycles. The number of aromatic nitrogens is 2. The van der Waals surface area contributed by atoms with Crippen molar-refractivity contribution in [1.82, 2.24) is 10.1 Å². The summed E-state index contributed by atoms with van der Waals surface area (Å²) in [6.07, 6.45) is 5.41. The molecule has 6 nitrogen and oxygen atoms in total. The number of rotatable bonds is 6. The molecule has 0 radical (unpaired) electrons. The molecule has 1 aromatic rings. The molecule has 1 aromatic heterocycles. The summed E-state index contributed by atoms with van der Waals surface area (Å²) in [6, 6.07) is 0. The van der Waals surface area contributed by atoms with Gasteiger partial charge in [-0.2, -0.15) is 4.98 Å². The van der Waals surface area contributed by atoms with Gasteiger partial charge < -0.3 is 14.4 Å². The molecule has 2 rings (SSSR count). The third kappa shape index (κ3) is 4.10. The van der Waals surface area contributed by atoms with Crippen molar-refractivity contribution in [2.75, 3.05) is 6.61 Å². The quantitative estimate of drug-likeness (QED) is 0.829. The molecule has 1 fully saturated rings. The molecule has 1 aliphatic rings. The molecular weight excluding hydrogens is 236 g/mol. The van der Waals surface area contributed by atoms with Crippen LogP contribution in [0.3, 0.4) is 0 Å². The lowest BCUT2D eigenvalue weighted by Gasteiger charge is -2.20. The Hall–Kier alpha value is -1.43. The third-order valence-corrected chi connectivity index (χ3v) is 2.98. The van der Waals surface area contributed by atoms with Crippen LogP contribution in [-0.4, -0.2) is 33.9 Å². The second-order valence-corrected chi connectivity index (χ2v) is 4.54. The molecule has 1 N–H and O–H groups in total. The lowest BCUT2D eigenvalue weighted by atomic mass is 10.1. The van der Waals surface area contributed by atoms with Gasteiger partial charge in [0.05, 0.1) is 6.10 Å². The van der Waals surface area contributed by atoms with Gasteiger partial charge in [0, 0.05) is 25.9 Å². The van der Waals surface area contributed by atoms with E-state index in [1.807, 2.05) is 0 Å². The van der Waals surface area contributed by atoms with E-state index in [1.165, 1.54) is 6.42 Å². The first kappa shape index (κ1) is 13.0. The topological polar surface area (TPSA) is 85.5 Å². The molecule has 0 amide bonds. The molecule has 1 unspecified atom stereocenters. The fourth-order valence-corrected chi connectivity index (χ4v) is 2.04. The predicted molar refractivity (Wildman–Crippen MR) is 62.2 cm³/mol. The average molecular weight is 254 g/mol. The molecule has 0 aromatic carbocycles. The summed E-state index contributed by atoms with van der Waals surface area (Å²) in [5.41, 5.74) is 0. The molecule has 1 atom stereocenters. The SMILES string of the molecule is O=C(O)CCCc1nc(CC2CCCCO2)no1. The monoisotopic (exact) mass is 254 g/mol. The number of aryl methyl sites for hydroxylation is 1. The summed E-state index contributed by atoms with van der Waals surface area (Å²) < 4.78 is 10.7. The number of carbonyl (C=O) groups is 1. The average Bonchev–Trinajstić information content (AvgIpc) is 2.78. The number of hydrogen-bond acceptors (Lipinski definition) is 5. The first-order valence-corrected chi connectivity index (χ1v) is 6.39. The van der Waals surface area contributed by atoms with Crippen LogP contribution in [-0.2, 0) is 22.4 Å². The molecule has 18 heavy (non-hydrogen) atoms. The Morgan fingerprint density at radius 2 is 2.33 bits per heavy atom. The van der Waals surface area contributed by atoms with Crippen molar-refractivity contribution in [2.45, 2.75) is 51.0 Å². The van der Waals surface area contributed by atoms with E-state index in [4.69, 9.17) is 14.4 Å². The van der Waals surface area contributed by atoms with Gasteiger partial charge in [-0.1, -0.05) is 5.16 Å². The van der Waals surface area contributed by atoms with Crippen LogP contribution in [0.1, 0.15) is 43.8 Å². The van der Waals surface area contributed by atoms with Crippen molar-refractivity contribution >= 4 is 5.97 Å². The highest BCUT2D eigenvalue weighted by Gasteiger charge is 2.17. The van der Waals surface area contributed by atoms with Crippen LogP contribution in [0.5, 0.6) is 0 Å². The van der Waals surface area contributed by atoms with E-state index in [0.29, 0.717) is 31.0 Å². The smallest absolute Gasteiger partial charge is 0.303 e. The van der Waals surface area contributed by atoms with Crippen LogP contribution >= 0.6 is 0 Å². The van der Waals surface area contributed by atoms with E-state index in [2.05, 4.69) is 10.1 Å². The van der Waals surface area contributed by atoms with Crippen LogP contribution < -0.4 is 0 Å². The molecule has 0 spiro atoms. The van der Waals surface area contributed by atoms with E-state index in [9.17, 15) is 4.79 Å². The molecule has 1 saturated heterocycles. The maximum atomic E-state index is 10.4. The highest BCUT2D eigenvalue weighted by molar-refractivity contribution is 5.66. The summed E-state index contributed by atoms with van der Waals surface area (Å²) in [5, 5.41) is 12.4. The van der Waals surface area contributed by atoms with Gasteiger partial charge in [0.25, 0.3) is 0 Å². The van der Waals surface area contributed by atoms with Crippen molar-refractivity contribution in [3.63, 3.8) is 0 Å². The minimum Gasteiger partial charge on any atom is -0.481 e. The normalized spacial score (nSPS) is 19.9. The van der Waals surface area contributed by atoms with Crippen molar-refractivity contribution in [1.29, 1.82) is 0 Å². The molecule has 0 aliphatic carbocycles. The highest BCUT2D eigenvalue weighted by atomic mass is 16.5. The van der Waals surface area contributed by atoms with Gasteiger partial charge in [0.2, 0.25) is 5.89 Å². The van der Waals surface area contributed by atoms with Crippen molar-refractivity contribution in [2.24, 2.45) is 0 Å². The lowest BCUT2D eigenvalue weighted by Crippen LogP contribution is -2.21. The molecule has 1 aliphatic heterocycles. The van der Waals surface area contributed by atoms with Crippen LogP contribution in [0.2, 0.25) is 0 Å². The van der Waals surface area contributed by atoms with E-state index >= 15 is 0 Å². The number of carboxylic acids is 1. The predicted octanol–water partition coefficient (Wildman–Crippen LogP) is 1.59. The maximum Gasteiger partial charge on any atom is 0.303 e. The standard InChI is InChI=1S/C12H18N2O4/c15-12(16)6-3-5-11-13-10(14-18-11)8-9-4-1-2-7-17-9/h9H,1-8H2,(H,15,16). The zero-order valence-corrected chi connectivity index (χ0v) is 10.3. The second kappa shape index (κ2) is 6.49. The van der Waals surface area contributed by atoms with E-state index in [-0.39, 0.29) is 12.5 Å².